The fraction of sp³-hybridized carbons (Fsp3) is 0.500. The lowest BCUT2D eigenvalue weighted by molar-refractivity contribution is 0.561. The van der Waals surface area contributed by atoms with Crippen molar-refractivity contribution in [3.8, 4) is 12.3 Å². The van der Waals surface area contributed by atoms with Gasteiger partial charge in [-0.15, -0.1) is 6.42 Å². The first-order valence-electron chi connectivity index (χ1n) is 4.96. The molecule has 1 N–H and O–H groups in total. The highest BCUT2D eigenvalue weighted by Crippen LogP contribution is 2.06. The van der Waals surface area contributed by atoms with Gasteiger partial charge in [0.15, 0.2) is 5.03 Å². The number of nitrogens with zero attached hydrogens (tertiary/aromatic N) is 2. The molecule has 0 saturated carbocycles. The summed E-state index contributed by atoms with van der Waals surface area (Å²) in [7, 11) is -1.89. The lowest BCUT2D eigenvalue weighted by Crippen LogP contribution is -2.33. The van der Waals surface area contributed by atoms with Gasteiger partial charge in [-0.05, 0) is 6.42 Å². The highest BCUT2D eigenvalue weighted by atomic mass is 32.2. The molecule has 1 heterocycles. The van der Waals surface area contributed by atoms with E-state index in [0.717, 1.165) is 6.42 Å². The number of nitrogens with one attached hydrogen (secondary N) is 1. The van der Waals surface area contributed by atoms with Crippen LogP contribution in [-0.4, -0.2) is 24.0 Å². The third kappa shape index (κ3) is 3.08. The van der Waals surface area contributed by atoms with Gasteiger partial charge < -0.3 is 4.57 Å². The second kappa shape index (κ2) is 5.14. The minimum atomic E-state index is -3.60. The van der Waals surface area contributed by atoms with Crippen LogP contribution in [0.2, 0.25) is 0 Å². The molecule has 0 amide bonds. The maximum atomic E-state index is 11.8. The van der Waals surface area contributed by atoms with Crippen molar-refractivity contribution in [3.63, 3.8) is 0 Å². The number of sulfonamides is 1. The zero-order valence-electron chi connectivity index (χ0n) is 9.34. The van der Waals surface area contributed by atoms with Crippen molar-refractivity contribution in [3.05, 3.63) is 12.5 Å². The number of rotatable bonds is 5. The highest BCUT2D eigenvalue weighted by molar-refractivity contribution is 7.89. The Hall–Kier alpha value is -1.32. The third-order valence-electron chi connectivity index (χ3n) is 2.03. The van der Waals surface area contributed by atoms with Gasteiger partial charge in [0.2, 0.25) is 0 Å². The summed E-state index contributed by atoms with van der Waals surface area (Å²) in [5.41, 5.74) is 0. The first-order valence-corrected chi connectivity index (χ1v) is 6.44. The van der Waals surface area contributed by atoms with E-state index in [1.54, 1.807) is 11.6 Å². The molecule has 1 rings (SSSR count). The molecular weight excluding hydrogens is 226 g/mol. The average molecular weight is 241 g/mol. The summed E-state index contributed by atoms with van der Waals surface area (Å²) in [5, 5.41) is -0.00801. The number of imidazole rings is 1. The van der Waals surface area contributed by atoms with E-state index >= 15 is 0 Å². The van der Waals surface area contributed by atoms with Gasteiger partial charge in [0, 0.05) is 13.2 Å². The predicted molar refractivity (Wildman–Crippen MR) is 61.1 cm³/mol. The molecule has 1 unspecified atom stereocenters. The van der Waals surface area contributed by atoms with Crippen LogP contribution in [0, 0.1) is 12.3 Å². The number of hydrogen-bond donors (Lipinski definition) is 1. The van der Waals surface area contributed by atoms with Crippen molar-refractivity contribution in [2.75, 3.05) is 0 Å². The van der Waals surface area contributed by atoms with Crippen LogP contribution in [0.15, 0.2) is 17.6 Å². The van der Waals surface area contributed by atoms with Gasteiger partial charge in [0.25, 0.3) is 10.0 Å². The molecule has 88 valence electrons. The van der Waals surface area contributed by atoms with Crippen LogP contribution in [0.5, 0.6) is 0 Å². The van der Waals surface area contributed by atoms with Crippen LogP contribution >= 0.6 is 0 Å². The van der Waals surface area contributed by atoms with E-state index < -0.39 is 16.1 Å². The van der Waals surface area contributed by atoms with Gasteiger partial charge in [-0.25, -0.2) is 13.4 Å². The van der Waals surface area contributed by atoms with E-state index in [4.69, 9.17) is 6.42 Å². The van der Waals surface area contributed by atoms with Crippen LogP contribution in [0.25, 0.3) is 0 Å². The van der Waals surface area contributed by atoms with E-state index in [9.17, 15) is 8.42 Å². The summed E-state index contributed by atoms with van der Waals surface area (Å²) in [6.45, 7) is 1.94. The van der Waals surface area contributed by atoms with Crippen LogP contribution in [0.3, 0.4) is 0 Å². The normalized spacial score (nSPS) is 13.3. The largest absolute Gasteiger partial charge is 0.339 e. The van der Waals surface area contributed by atoms with E-state index in [2.05, 4.69) is 15.6 Å². The summed E-state index contributed by atoms with van der Waals surface area (Å²) in [4.78, 5) is 3.78. The summed E-state index contributed by atoms with van der Waals surface area (Å²) in [6, 6.07) is -0.475. The van der Waals surface area contributed by atoms with Gasteiger partial charge in [-0.1, -0.05) is 19.3 Å². The Bertz CT molecular complexity index is 484. The quantitative estimate of drug-likeness (QED) is 0.763. The smallest absolute Gasteiger partial charge is 0.260 e. The van der Waals surface area contributed by atoms with Crippen molar-refractivity contribution < 1.29 is 8.42 Å². The van der Waals surface area contributed by atoms with Gasteiger partial charge in [-0.2, -0.15) is 4.72 Å². The number of terminal acetylenes is 1. The molecule has 0 aliphatic carbocycles. The molecule has 6 heteroatoms. The minimum Gasteiger partial charge on any atom is -0.339 e. The lowest BCUT2D eigenvalue weighted by Gasteiger charge is -2.10. The molecule has 0 fully saturated rings. The molecule has 16 heavy (non-hydrogen) atoms. The number of aromatic nitrogens is 2. The summed E-state index contributed by atoms with van der Waals surface area (Å²) < 4.78 is 27.6. The van der Waals surface area contributed by atoms with Crippen molar-refractivity contribution in [2.45, 2.75) is 30.8 Å². The predicted octanol–water partition coefficient (Wildman–Crippen LogP) is 0.500. The zero-order valence-corrected chi connectivity index (χ0v) is 10.2. The Morgan fingerprint density at radius 1 is 1.69 bits per heavy atom. The molecule has 5 nitrogen and oxygen atoms in total. The minimum absolute atomic E-state index is 0.00801. The van der Waals surface area contributed by atoms with Gasteiger partial charge in [-0.3, -0.25) is 0 Å². The summed E-state index contributed by atoms with van der Waals surface area (Å²) in [5.74, 6) is 2.41. The standard InChI is InChI=1S/C10H15N3O2S/c1-4-6-9(5-2)12-16(14,15)10-7-13(3)8-11-10/h2,7-9,12H,4,6H2,1,3H3. The molecule has 1 aromatic heterocycles. The molecule has 0 radical (unpaired) electrons. The monoisotopic (exact) mass is 241 g/mol. The SMILES string of the molecule is C#CC(CCC)NS(=O)(=O)c1cn(C)cn1. The van der Waals surface area contributed by atoms with Crippen LogP contribution in [0.4, 0.5) is 0 Å². The van der Waals surface area contributed by atoms with Crippen molar-refractivity contribution in [2.24, 2.45) is 7.05 Å². The molecule has 0 spiro atoms. The Balaban J connectivity index is 2.84. The first-order chi connectivity index (χ1) is 7.49. The molecule has 0 saturated heterocycles. The number of hydrogen-bond acceptors (Lipinski definition) is 3. The average Bonchev–Trinajstić information content (AvgIpc) is 2.64. The second-order valence-corrected chi connectivity index (χ2v) is 5.17. The first kappa shape index (κ1) is 12.7. The van der Waals surface area contributed by atoms with Gasteiger partial charge in [0.05, 0.1) is 12.4 Å². The molecule has 0 aliphatic heterocycles. The number of aryl methyl sites for hydroxylation is 1. The summed E-state index contributed by atoms with van der Waals surface area (Å²) >= 11 is 0. The molecule has 1 atom stereocenters. The topological polar surface area (TPSA) is 64.0 Å². The van der Waals surface area contributed by atoms with Crippen LogP contribution in [-0.2, 0) is 17.1 Å². The maximum absolute atomic E-state index is 11.8. The van der Waals surface area contributed by atoms with Crippen molar-refractivity contribution >= 4 is 10.0 Å². The van der Waals surface area contributed by atoms with Crippen LogP contribution in [0.1, 0.15) is 19.8 Å². The highest BCUT2D eigenvalue weighted by Gasteiger charge is 2.20. The fourth-order valence-electron chi connectivity index (χ4n) is 1.24. The molecule has 0 bridgehead atoms. The van der Waals surface area contributed by atoms with Crippen LogP contribution < -0.4 is 4.72 Å². The Kier molecular flexibility index (Phi) is 4.10. The van der Waals surface area contributed by atoms with Crippen molar-refractivity contribution in [1.29, 1.82) is 0 Å². The van der Waals surface area contributed by atoms with Crippen molar-refractivity contribution in [1.82, 2.24) is 14.3 Å². The van der Waals surface area contributed by atoms with E-state index in [-0.39, 0.29) is 5.03 Å². The van der Waals surface area contributed by atoms with E-state index in [1.165, 1.54) is 12.5 Å². The second-order valence-electron chi connectivity index (χ2n) is 3.51. The van der Waals surface area contributed by atoms with Gasteiger partial charge in [0.1, 0.15) is 0 Å². The summed E-state index contributed by atoms with van der Waals surface area (Å²) in [6.07, 6.45) is 9.54. The van der Waals surface area contributed by atoms with E-state index in [0.29, 0.717) is 6.42 Å². The van der Waals surface area contributed by atoms with E-state index in [1.807, 2.05) is 6.92 Å². The molecule has 0 aliphatic rings. The van der Waals surface area contributed by atoms with Gasteiger partial charge >= 0.3 is 0 Å². The Morgan fingerprint density at radius 3 is 2.81 bits per heavy atom. The zero-order chi connectivity index (χ0) is 12.2. The third-order valence-corrected chi connectivity index (χ3v) is 3.39. The molecule has 1 aromatic rings. The molecular formula is C10H15N3O2S. The molecule has 0 aromatic carbocycles. The fourth-order valence-corrected chi connectivity index (χ4v) is 2.41. The Morgan fingerprint density at radius 2 is 2.38 bits per heavy atom. The maximum Gasteiger partial charge on any atom is 0.260 e. The Labute approximate surface area is 95.9 Å². The lowest BCUT2D eigenvalue weighted by atomic mass is 10.2.